The van der Waals surface area contributed by atoms with E-state index in [4.69, 9.17) is 10.8 Å². The van der Waals surface area contributed by atoms with E-state index in [1.807, 2.05) is 6.92 Å². The van der Waals surface area contributed by atoms with Crippen molar-refractivity contribution in [1.29, 1.82) is 0 Å². The van der Waals surface area contributed by atoms with Gasteiger partial charge in [-0.3, -0.25) is 0 Å². The van der Waals surface area contributed by atoms with Gasteiger partial charge in [-0.2, -0.15) is 0 Å². The van der Waals surface area contributed by atoms with Crippen LogP contribution < -0.4 is 16.2 Å². The van der Waals surface area contributed by atoms with Gasteiger partial charge in [0.15, 0.2) is 0 Å². The zero-order valence-electron chi connectivity index (χ0n) is 13.9. The summed E-state index contributed by atoms with van der Waals surface area (Å²) in [6, 6.07) is 0. The molecule has 0 fully saturated rings. The molecule has 20 heavy (non-hydrogen) atoms. The summed E-state index contributed by atoms with van der Waals surface area (Å²) in [5, 5.41) is 0. The molecule has 0 amide bonds. The molecule has 114 valence electrons. The molecule has 0 saturated carbocycles. The molecule has 5 heteroatoms. The van der Waals surface area contributed by atoms with E-state index in [9.17, 15) is 0 Å². The van der Waals surface area contributed by atoms with Crippen LogP contribution in [0.1, 0.15) is 52.4 Å². The van der Waals surface area contributed by atoms with Crippen molar-refractivity contribution in [3.63, 3.8) is 0 Å². The smallest absolute Gasteiger partial charge is 0.148 e. The quantitative estimate of drug-likeness (QED) is 0.641. The Bertz CT molecular complexity index is 448. The summed E-state index contributed by atoms with van der Waals surface area (Å²) in [7, 11) is 2.07. The Morgan fingerprint density at radius 3 is 2.30 bits per heavy atom. The van der Waals surface area contributed by atoms with E-state index in [-0.39, 0.29) is 5.41 Å². The van der Waals surface area contributed by atoms with Crippen molar-refractivity contribution in [2.45, 2.75) is 53.4 Å². The zero-order valence-corrected chi connectivity index (χ0v) is 13.9. The fraction of sp³-hybridized carbons (Fsp3) is 0.733. The average molecular weight is 279 g/mol. The second kappa shape index (κ2) is 6.39. The van der Waals surface area contributed by atoms with Crippen LogP contribution in [0.2, 0.25) is 0 Å². The minimum atomic E-state index is -0.104. The maximum absolute atomic E-state index is 5.60. The van der Waals surface area contributed by atoms with Gasteiger partial charge in [0.25, 0.3) is 0 Å². The molecule has 0 aliphatic rings. The Morgan fingerprint density at radius 2 is 1.85 bits per heavy atom. The van der Waals surface area contributed by atoms with Crippen LogP contribution in [-0.2, 0) is 5.41 Å². The maximum Gasteiger partial charge on any atom is 0.148 e. The van der Waals surface area contributed by atoms with Gasteiger partial charge in [-0.15, -0.1) is 0 Å². The molecule has 0 aliphatic carbocycles. The minimum absolute atomic E-state index is 0.104. The van der Waals surface area contributed by atoms with E-state index in [0.717, 1.165) is 30.2 Å². The number of nitrogen functional groups attached to an aromatic ring is 1. The van der Waals surface area contributed by atoms with Gasteiger partial charge in [-0.1, -0.05) is 34.6 Å². The summed E-state index contributed by atoms with van der Waals surface area (Å²) < 4.78 is 0. The molecule has 0 atom stereocenters. The van der Waals surface area contributed by atoms with Crippen molar-refractivity contribution in [3.8, 4) is 0 Å². The summed E-state index contributed by atoms with van der Waals surface area (Å²) in [5.74, 6) is 8.74. The Labute approximate surface area is 123 Å². The summed E-state index contributed by atoms with van der Waals surface area (Å²) in [5.41, 5.74) is 3.58. The average Bonchev–Trinajstić information content (AvgIpc) is 2.34. The van der Waals surface area contributed by atoms with Crippen molar-refractivity contribution < 1.29 is 0 Å². The molecular formula is C15H29N5. The second-order valence-corrected chi connectivity index (χ2v) is 6.84. The first-order valence-electron chi connectivity index (χ1n) is 7.23. The molecule has 1 aromatic heterocycles. The number of nitrogens with two attached hydrogens (primary N) is 1. The highest BCUT2D eigenvalue weighted by Gasteiger charge is 2.22. The Morgan fingerprint density at radius 1 is 1.25 bits per heavy atom. The number of nitrogens with zero attached hydrogens (tertiary/aromatic N) is 3. The van der Waals surface area contributed by atoms with Gasteiger partial charge >= 0.3 is 0 Å². The van der Waals surface area contributed by atoms with Crippen LogP contribution >= 0.6 is 0 Å². The van der Waals surface area contributed by atoms with Crippen molar-refractivity contribution in [2.75, 3.05) is 23.9 Å². The molecule has 1 rings (SSSR count). The van der Waals surface area contributed by atoms with Crippen LogP contribution in [0.3, 0.4) is 0 Å². The highest BCUT2D eigenvalue weighted by molar-refractivity contribution is 5.58. The van der Waals surface area contributed by atoms with Gasteiger partial charge in [-0.25, -0.2) is 15.8 Å². The fourth-order valence-electron chi connectivity index (χ4n) is 1.91. The Kier molecular flexibility index (Phi) is 5.34. The standard InChI is InChI=1S/C15H29N5/c1-10(2)8-9-20(7)13-11(3)12(19-16)17-14(18-13)15(4,5)6/h10H,8-9,16H2,1-7H3,(H,17,18,19). The van der Waals surface area contributed by atoms with Gasteiger partial charge < -0.3 is 10.3 Å². The number of hydrazine groups is 1. The molecule has 0 unspecified atom stereocenters. The van der Waals surface area contributed by atoms with Gasteiger partial charge in [0.1, 0.15) is 17.5 Å². The number of hydrogen-bond acceptors (Lipinski definition) is 5. The summed E-state index contributed by atoms with van der Waals surface area (Å²) in [6.07, 6.45) is 1.14. The molecule has 0 spiro atoms. The summed E-state index contributed by atoms with van der Waals surface area (Å²) in [4.78, 5) is 11.5. The highest BCUT2D eigenvalue weighted by Crippen LogP contribution is 2.27. The minimum Gasteiger partial charge on any atom is -0.359 e. The summed E-state index contributed by atoms with van der Waals surface area (Å²) >= 11 is 0. The maximum atomic E-state index is 5.60. The lowest BCUT2D eigenvalue weighted by atomic mass is 9.95. The number of hydrogen-bond donors (Lipinski definition) is 2. The lowest BCUT2D eigenvalue weighted by Gasteiger charge is -2.25. The lowest BCUT2D eigenvalue weighted by molar-refractivity contribution is 0.542. The third kappa shape index (κ3) is 4.07. The normalized spacial score (nSPS) is 11.8. The van der Waals surface area contributed by atoms with E-state index in [1.165, 1.54) is 0 Å². The molecule has 0 aromatic carbocycles. The van der Waals surface area contributed by atoms with E-state index in [1.54, 1.807) is 0 Å². The predicted octanol–water partition coefficient (Wildman–Crippen LogP) is 2.85. The van der Waals surface area contributed by atoms with Crippen LogP contribution in [0.25, 0.3) is 0 Å². The molecule has 3 N–H and O–H groups in total. The van der Waals surface area contributed by atoms with Gasteiger partial charge in [0.05, 0.1) is 0 Å². The SMILES string of the molecule is Cc1c(NN)nc(C(C)(C)C)nc1N(C)CCC(C)C. The van der Waals surface area contributed by atoms with Crippen molar-refractivity contribution in [3.05, 3.63) is 11.4 Å². The van der Waals surface area contributed by atoms with E-state index in [0.29, 0.717) is 11.7 Å². The fourth-order valence-corrected chi connectivity index (χ4v) is 1.91. The van der Waals surface area contributed by atoms with Gasteiger partial charge in [0, 0.05) is 24.6 Å². The predicted molar refractivity (Wildman–Crippen MR) is 86.0 cm³/mol. The monoisotopic (exact) mass is 279 g/mol. The van der Waals surface area contributed by atoms with Crippen LogP contribution in [0, 0.1) is 12.8 Å². The first-order valence-corrected chi connectivity index (χ1v) is 7.23. The molecule has 1 aromatic rings. The zero-order chi connectivity index (χ0) is 15.5. The van der Waals surface area contributed by atoms with E-state index >= 15 is 0 Å². The molecule has 0 bridgehead atoms. The van der Waals surface area contributed by atoms with Gasteiger partial charge in [0.2, 0.25) is 0 Å². The Hall–Kier alpha value is -1.36. The van der Waals surface area contributed by atoms with Gasteiger partial charge in [-0.05, 0) is 19.3 Å². The Balaban J connectivity index is 3.16. The number of rotatable bonds is 5. The molecule has 0 aliphatic heterocycles. The van der Waals surface area contributed by atoms with Crippen molar-refractivity contribution >= 4 is 11.6 Å². The van der Waals surface area contributed by atoms with Crippen LogP contribution in [0.5, 0.6) is 0 Å². The van der Waals surface area contributed by atoms with Crippen LogP contribution in [0.15, 0.2) is 0 Å². The van der Waals surface area contributed by atoms with Crippen LogP contribution in [-0.4, -0.2) is 23.6 Å². The first-order chi connectivity index (χ1) is 9.16. The number of anilines is 2. The topological polar surface area (TPSA) is 67.1 Å². The third-order valence-electron chi connectivity index (χ3n) is 3.33. The largest absolute Gasteiger partial charge is 0.359 e. The number of aromatic nitrogens is 2. The van der Waals surface area contributed by atoms with Crippen LogP contribution in [0.4, 0.5) is 11.6 Å². The molecule has 0 radical (unpaired) electrons. The van der Waals surface area contributed by atoms with E-state index < -0.39 is 0 Å². The van der Waals surface area contributed by atoms with Crippen molar-refractivity contribution in [2.24, 2.45) is 11.8 Å². The second-order valence-electron chi connectivity index (χ2n) is 6.84. The molecule has 0 saturated heterocycles. The van der Waals surface area contributed by atoms with Crippen molar-refractivity contribution in [1.82, 2.24) is 9.97 Å². The molecular weight excluding hydrogens is 250 g/mol. The number of nitrogens with one attached hydrogen (secondary N) is 1. The lowest BCUT2D eigenvalue weighted by Crippen LogP contribution is -2.26. The van der Waals surface area contributed by atoms with E-state index in [2.05, 4.69) is 57.0 Å². The molecule has 5 nitrogen and oxygen atoms in total. The summed E-state index contributed by atoms with van der Waals surface area (Å²) in [6.45, 7) is 13.8. The first kappa shape index (κ1) is 16.7. The third-order valence-corrected chi connectivity index (χ3v) is 3.33. The molecule has 1 heterocycles. The highest BCUT2D eigenvalue weighted by atomic mass is 15.3.